The van der Waals surface area contributed by atoms with Crippen LogP contribution in [0.4, 0.5) is 11.5 Å². The van der Waals surface area contributed by atoms with Crippen LogP contribution in [0, 0.1) is 17.8 Å². The van der Waals surface area contributed by atoms with E-state index in [-0.39, 0.29) is 47.6 Å². The molecule has 192 valence electrons. The normalized spacial score (nSPS) is 15.2. The van der Waals surface area contributed by atoms with Crippen molar-refractivity contribution < 1.29 is 9.59 Å². The second kappa shape index (κ2) is 12.2. The molecule has 10 heteroatoms. The van der Waals surface area contributed by atoms with Crippen molar-refractivity contribution in [1.82, 2.24) is 19.4 Å². The molecule has 0 unspecified atom stereocenters. The summed E-state index contributed by atoms with van der Waals surface area (Å²) in [6.45, 7) is 15.2. The molecule has 0 aromatic carbocycles. The molecule has 0 atom stereocenters. The maximum Gasteiger partial charge on any atom is 0.330 e. The van der Waals surface area contributed by atoms with Crippen LogP contribution in [0.5, 0.6) is 0 Å². The minimum absolute atomic E-state index is 0.0139. The Morgan fingerprint density at radius 3 is 2.15 bits per heavy atom. The molecule has 2 amide bonds. The number of aromatic nitrogens is 2. The predicted molar refractivity (Wildman–Crippen MR) is 135 cm³/mol. The molecule has 0 radical (unpaired) electrons. The van der Waals surface area contributed by atoms with Gasteiger partial charge in [-0.2, -0.15) is 0 Å². The minimum Gasteiger partial charge on any atom is -0.383 e. The number of hydrogen-bond donors (Lipinski definition) is 2. The molecule has 10 nitrogen and oxygen atoms in total. The average Bonchev–Trinajstić information content (AvgIpc) is 2.76. The first-order chi connectivity index (χ1) is 16.0. The molecule has 0 aliphatic carbocycles. The van der Waals surface area contributed by atoms with E-state index in [2.05, 4.69) is 4.98 Å². The zero-order valence-electron chi connectivity index (χ0n) is 21.6. The first-order valence-corrected chi connectivity index (χ1v) is 12.4. The van der Waals surface area contributed by atoms with Crippen LogP contribution in [0.25, 0.3) is 0 Å². The maximum atomic E-state index is 13.4. The van der Waals surface area contributed by atoms with Crippen molar-refractivity contribution in [2.45, 2.75) is 60.9 Å². The number of likely N-dealkylation sites (tertiary alicyclic amines) is 1. The van der Waals surface area contributed by atoms with Gasteiger partial charge in [0.1, 0.15) is 5.82 Å². The van der Waals surface area contributed by atoms with Crippen molar-refractivity contribution in [3.8, 4) is 0 Å². The first kappa shape index (κ1) is 27.6. The van der Waals surface area contributed by atoms with E-state index in [1.807, 2.05) is 51.3 Å². The van der Waals surface area contributed by atoms with Crippen LogP contribution in [0.15, 0.2) is 9.59 Å². The van der Waals surface area contributed by atoms with Crippen LogP contribution in [-0.2, 0) is 16.1 Å². The molecule has 1 aromatic heterocycles. The summed E-state index contributed by atoms with van der Waals surface area (Å²) in [6, 6.07) is 0. The molecule has 3 N–H and O–H groups in total. The smallest absolute Gasteiger partial charge is 0.330 e. The van der Waals surface area contributed by atoms with Crippen molar-refractivity contribution in [3.05, 3.63) is 20.8 Å². The van der Waals surface area contributed by atoms with Crippen LogP contribution in [0.2, 0.25) is 0 Å². The van der Waals surface area contributed by atoms with Crippen LogP contribution in [0.3, 0.4) is 0 Å². The van der Waals surface area contributed by atoms with Crippen molar-refractivity contribution in [2.75, 3.05) is 49.9 Å². The Labute approximate surface area is 202 Å². The molecular formula is C24H42N6O4. The summed E-state index contributed by atoms with van der Waals surface area (Å²) < 4.78 is 1.33. The first-order valence-electron chi connectivity index (χ1n) is 12.4. The van der Waals surface area contributed by atoms with Crippen LogP contribution >= 0.6 is 0 Å². The van der Waals surface area contributed by atoms with Gasteiger partial charge in [-0.3, -0.25) is 28.8 Å². The highest BCUT2D eigenvalue weighted by Crippen LogP contribution is 2.22. The van der Waals surface area contributed by atoms with Crippen molar-refractivity contribution in [1.29, 1.82) is 0 Å². The zero-order valence-corrected chi connectivity index (χ0v) is 21.6. The van der Waals surface area contributed by atoms with E-state index >= 15 is 0 Å². The molecule has 1 saturated heterocycles. The number of hydrogen-bond acceptors (Lipinski definition) is 6. The molecule has 1 aliphatic rings. The third-order valence-corrected chi connectivity index (χ3v) is 6.25. The van der Waals surface area contributed by atoms with Gasteiger partial charge in [0.05, 0.1) is 6.54 Å². The van der Waals surface area contributed by atoms with Crippen molar-refractivity contribution in [2.24, 2.45) is 17.8 Å². The number of amides is 2. The Balaban J connectivity index is 2.22. The predicted octanol–water partition coefficient (Wildman–Crippen LogP) is 1.34. The van der Waals surface area contributed by atoms with Crippen molar-refractivity contribution in [3.63, 3.8) is 0 Å². The number of aromatic amines is 1. The quantitative estimate of drug-likeness (QED) is 0.523. The standard InChI is InChI=1S/C24H42N6O4/c1-7-28(8-2)23(33)18-9-11-27(12-10-18)15-19(31)29(13-16(3)4)20-21(25)30(14-17(5)6)24(34)26-22(20)32/h16-18H,7-15,25H2,1-6H3,(H,26,32,34). The van der Waals surface area contributed by atoms with E-state index in [9.17, 15) is 19.2 Å². The highest BCUT2D eigenvalue weighted by Gasteiger charge is 2.31. The molecule has 0 spiro atoms. The number of rotatable bonds is 10. The summed E-state index contributed by atoms with van der Waals surface area (Å²) in [6.07, 6.45) is 1.41. The summed E-state index contributed by atoms with van der Waals surface area (Å²) in [4.78, 5) is 58.8. The van der Waals surface area contributed by atoms with E-state index in [1.54, 1.807) is 0 Å². The van der Waals surface area contributed by atoms with E-state index in [0.717, 1.165) is 0 Å². The van der Waals surface area contributed by atoms with E-state index < -0.39 is 11.2 Å². The molecular weight excluding hydrogens is 436 g/mol. The van der Waals surface area contributed by atoms with Crippen molar-refractivity contribution >= 4 is 23.3 Å². The van der Waals surface area contributed by atoms with E-state index in [1.165, 1.54) is 9.47 Å². The Morgan fingerprint density at radius 2 is 1.65 bits per heavy atom. The molecule has 0 saturated carbocycles. The molecule has 0 bridgehead atoms. The number of anilines is 2. The molecule has 1 aromatic rings. The maximum absolute atomic E-state index is 13.4. The average molecular weight is 479 g/mol. The summed E-state index contributed by atoms with van der Waals surface area (Å²) in [5.74, 6) is 0.161. The third-order valence-electron chi connectivity index (χ3n) is 6.25. The number of nitrogen functional groups attached to an aromatic ring is 1. The highest BCUT2D eigenvalue weighted by atomic mass is 16.2. The molecule has 2 rings (SSSR count). The SMILES string of the molecule is CCN(CC)C(=O)C1CCN(CC(=O)N(CC(C)C)c2c(N)n(CC(C)C)c(=O)[nH]c2=O)CC1. The number of nitrogens with two attached hydrogens (primary N) is 1. The lowest BCUT2D eigenvalue weighted by molar-refractivity contribution is -0.136. The molecule has 1 aliphatic heterocycles. The van der Waals surface area contributed by atoms with E-state index in [0.29, 0.717) is 52.1 Å². The Morgan fingerprint density at radius 1 is 1.06 bits per heavy atom. The summed E-state index contributed by atoms with van der Waals surface area (Å²) in [7, 11) is 0. The van der Waals surface area contributed by atoms with Crippen LogP contribution in [0.1, 0.15) is 54.4 Å². The molecule has 1 fully saturated rings. The van der Waals surface area contributed by atoms with Gasteiger partial charge in [0, 0.05) is 32.1 Å². The minimum atomic E-state index is -0.653. The lowest BCUT2D eigenvalue weighted by Crippen LogP contribution is -2.49. The molecule has 34 heavy (non-hydrogen) atoms. The van der Waals surface area contributed by atoms with Gasteiger partial charge in [0.2, 0.25) is 11.8 Å². The van der Waals surface area contributed by atoms with Gasteiger partial charge in [0.15, 0.2) is 5.69 Å². The van der Waals surface area contributed by atoms with Gasteiger partial charge in [0.25, 0.3) is 5.56 Å². The largest absolute Gasteiger partial charge is 0.383 e. The fourth-order valence-corrected chi connectivity index (χ4v) is 4.48. The zero-order chi connectivity index (χ0) is 25.6. The second-order valence-corrected chi connectivity index (χ2v) is 9.96. The monoisotopic (exact) mass is 478 g/mol. The second-order valence-electron chi connectivity index (χ2n) is 9.96. The fraction of sp³-hybridized carbons (Fsp3) is 0.750. The van der Waals surface area contributed by atoms with E-state index in [4.69, 9.17) is 5.73 Å². The summed E-state index contributed by atoms with van der Waals surface area (Å²) >= 11 is 0. The van der Waals surface area contributed by atoms with Gasteiger partial charge in [-0.05, 0) is 51.6 Å². The Hall–Kier alpha value is -2.62. The van der Waals surface area contributed by atoms with Gasteiger partial charge in [-0.25, -0.2) is 4.79 Å². The highest BCUT2D eigenvalue weighted by molar-refractivity contribution is 5.96. The Bertz CT molecular complexity index is 955. The fourth-order valence-electron chi connectivity index (χ4n) is 4.48. The van der Waals surface area contributed by atoms with Crippen LogP contribution in [-0.4, -0.2) is 70.4 Å². The van der Waals surface area contributed by atoms with Gasteiger partial charge in [-0.1, -0.05) is 27.7 Å². The lowest BCUT2D eigenvalue weighted by Gasteiger charge is -2.34. The summed E-state index contributed by atoms with van der Waals surface area (Å²) in [5, 5.41) is 0. The number of piperidine rings is 1. The number of nitrogens with zero attached hydrogens (tertiary/aromatic N) is 4. The van der Waals surface area contributed by atoms with Gasteiger partial charge >= 0.3 is 5.69 Å². The number of carbonyl (C=O) groups excluding carboxylic acids is 2. The van der Waals surface area contributed by atoms with Gasteiger partial charge < -0.3 is 15.5 Å². The summed E-state index contributed by atoms with van der Waals surface area (Å²) in [5.41, 5.74) is 5.09. The third kappa shape index (κ3) is 6.71. The van der Waals surface area contributed by atoms with Crippen LogP contribution < -0.4 is 21.9 Å². The van der Waals surface area contributed by atoms with Gasteiger partial charge in [-0.15, -0.1) is 0 Å². The number of nitrogens with one attached hydrogen (secondary N) is 1. The number of H-pyrrole nitrogens is 1. The molecule has 2 heterocycles. The Kier molecular flexibility index (Phi) is 9.90. The lowest BCUT2D eigenvalue weighted by atomic mass is 9.95. The topological polar surface area (TPSA) is 125 Å². The number of carbonyl (C=O) groups is 2.